The van der Waals surface area contributed by atoms with E-state index in [1.165, 1.54) is 5.56 Å². The first-order chi connectivity index (χ1) is 11.6. The summed E-state index contributed by atoms with van der Waals surface area (Å²) in [6.45, 7) is 0.436. The van der Waals surface area contributed by atoms with E-state index in [1.54, 1.807) is 31.4 Å². The molecule has 128 valence electrons. The van der Waals surface area contributed by atoms with Crippen molar-refractivity contribution in [1.82, 2.24) is 4.72 Å². The lowest BCUT2D eigenvalue weighted by atomic mass is 9.79. The first kappa shape index (κ1) is 17.0. The van der Waals surface area contributed by atoms with Gasteiger partial charge in [0.25, 0.3) is 0 Å². The van der Waals surface area contributed by atoms with E-state index in [4.69, 9.17) is 4.74 Å². The van der Waals surface area contributed by atoms with Gasteiger partial charge >= 0.3 is 0 Å². The highest BCUT2D eigenvalue weighted by molar-refractivity contribution is 7.89. The van der Waals surface area contributed by atoms with E-state index in [2.05, 4.69) is 16.9 Å². The molecule has 1 aliphatic carbocycles. The first-order valence-corrected chi connectivity index (χ1v) is 9.73. The SMILES string of the molecule is COc1ccc(S(=O)(=O)NCC2(c3ccccc3)CCCC2)cc1. The Hall–Kier alpha value is -1.85. The molecule has 2 aromatic rings. The molecule has 0 bridgehead atoms. The smallest absolute Gasteiger partial charge is 0.240 e. The summed E-state index contributed by atoms with van der Waals surface area (Å²) >= 11 is 0. The number of hydrogen-bond acceptors (Lipinski definition) is 3. The lowest BCUT2D eigenvalue weighted by Crippen LogP contribution is -2.39. The third kappa shape index (κ3) is 3.47. The fraction of sp³-hybridized carbons (Fsp3) is 0.368. The molecule has 0 heterocycles. The van der Waals surface area contributed by atoms with Gasteiger partial charge in [-0.2, -0.15) is 0 Å². The van der Waals surface area contributed by atoms with Crippen molar-refractivity contribution in [2.75, 3.05) is 13.7 Å². The van der Waals surface area contributed by atoms with Gasteiger partial charge in [0.05, 0.1) is 12.0 Å². The molecule has 1 fully saturated rings. The van der Waals surface area contributed by atoms with Crippen LogP contribution in [-0.4, -0.2) is 22.1 Å². The summed E-state index contributed by atoms with van der Waals surface area (Å²) < 4.78 is 33.1. The Kier molecular flexibility index (Phi) is 4.92. The van der Waals surface area contributed by atoms with E-state index in [1.807, 2.05) is 18.2 Å². The molecule has 0 saturated heterocycles. The van der Waals surface area contributed by atoms with Crippen LogP contribution in [0.3, 0.4) is 0 Å². The quantitative estimate of drug-likeness (QED) is 0.872. The number of rotatable bonds is 6. The maximum absolute atomic E-state index is 12.6. The van der Waals surface area contributed by atoms with E-state index in [0.29, 0.717) is 12.3 Å². The Balaban J connectivity index is 1.79. The Morgan fingerprint density at radius 3 is 2.21 bits per heavy atom. The lowest BCUT2D eigenvalue weighted by molar-refractivity contribution is 0.414. The van der Waals surface area contributed by atoms with Crippen molar-refractivity contribution in [3.8, 4) is 5.75 Å². The molecule has 3 rings (SSSR count). The minimum Gasteiger partial charge on any atom is -0.497 e. The van der Waals surface area contributed by atoms with Crippen LogP contribution in [0.4, 0.5) is 0 Å². The van der Waals surface area contributed by atoms with Crippen molar-refractivity contribution in [2.45, 2.75) is 36.0 Å². The van der Waals surface area contributed by atoms with E-state index in [-0.39, 0.29) is 10.3 Å². The van der Waals surface area contributed by atoms with Gasteiger partial charge in [-0.05, 0) is 42.7 Å². The Labute approximate surface area is 143 Å². The Morgan fingerprint density at radius 1 is 1.00 bits per heavy atom. The van der Waals surface area contributed by atoms with Crippen LogP contribution >= 0.6 is 0 Å². The van der Waals surface area contributed by atoms with Crippen molar-refractivity contribution < 1.29 is 13.2 Å². The number of methoxy groups -OCH3 is 1. The van der Waals surface area contributed by atoms with Crippen LogP contribution in [0.5, 0.6) is 5.75 Å². The normalized spacial score (nSPS) is 16.9. The van der Waals surface area contributed by atoms with E-state index >= 15 is 0 Å². The third-order valence-corrected chi connectivity index (χ3v) is 6.33. The zero-order valence-corrected chi connectivity index (χ0v) is 14.7. The highest BCUT2D eigenvalue weighted by Crippen LogP contribution is 2.40. The molecule has 0 aromatic heterocycles. The molecule has 0 unspecified atom stereocenters. The second-order valence-electron chi connectivity index (χ2n) is 6.35. The molecular formula is C19H23NO3S. The fourth-order valence-electron chi connectivity index (χ4n) is 3.48. The van der Waals surface area contributed by atoms with Gasteiger partial charge in [0.2, 0.25) is 10.0 Å². The topological polar surface area (TPSA) is 55.4 Å². The second-order valence-corrected chi connectivity index (χ2v) is 8.12. The average Bonchev–Trinajstić information content (AvgIpc) is 3.11. The molecule has 1 aliphatic rings. The zero-order valence-electron chi connectivity index (χ0n) is 13.9. The van der Waals surface area contributed by atoms with Crippen LogP contribution < -0.4 is 9.46 Å². The first-order valence-electron chi connectivity index (χ1n) is 8.25. The average molecular weight is 345 g/mol. The monoisotopic (exact) mass is 345 g/mol. The molecule has 0 spiro atoms. The molecule has 24 heavy (non-hydrogen) atoms. The van der Waals surface area contributed by atoms with Gasteiger partial charge in [-0.15, -0.1) is 0 Å². The van der Waals surface area contributed by atoms with Gasteiger partial charge in [-0.25, -0.2) is 13.1 Å². The highest BCUT2D eigenvalue weighted by atomic mass is 32.2. The molecule has 0 aliphatic heterocycles. The highest BCUT2D eigenvalue weighted by Gasteiger charge is 2.36. The van der Waals surface area contributed by atoms with Crippen molar-refractivity contribution in [2.24, 2.45) is 0 Å². The van der Waals surface area contributed by atoms with Crippen LogP contribution in [0.2, 0.25) is 0 Å². The molecule has 1 N–H and O–H groups in total. The van der Waals surface area contributed by atoms with E-state index < -0.39 is 10.0 Å². The van der Waals surface area contributed by atoms with Crippen molar-refractivity contribution in [3.05, 3.63) is 60.2 Å². The van der Waals surface area contributed by atoms with Crippen LogP contribution in [-0.2, 0) is 15.4 Å². The molecule has 5 heteroatoms. The van der Waals surface area contributed by atoms with Gasteiger partial charge in [-0.3, -0.25) is 0 Å². The number of sulfonamides is 1. The Bertz CT molecular complexity index is 764. The molecule has 0 radical (unpaired) electrons. The summed E-state index contributed by atoms with van der Waals surface area (Å²) in [4.78, 5) is 0.268. The minimum absolute atomic E-state index is 0.0964. The van der Waals surface area contributed by atoms with Gasteiger partial charge < -0.3 is 4.74 Å². The molecule has 2 aromatic carbocycles. The predicted octanol–water partition coefficient (Wildman–Crippen LogP) is 3.49. The lowest BCUT2D eigenvalue weighted by Gasteiger charge is -2.30. The van der Waals surface area contributed by atoms with Crippen LogP contribution in [0.25, 0.3) is 0 Å². The van der Waals surface area contributed by atoms with Gasteiger partial charge in [0.15, 0.2) is 0 Å². The van der Waals surface area contributed by atoms with Crippen LogP contribution in [0, 0.1) is 0 Å². The van der Waals surface area contributed by atoms with E-state index in [9.17, 15) is 8.42 Å². The summed E-state index contributed by atoms with van der Waals surface area (Å²) in [5.74, 6) is 0.644. The summed E-state index contributed by atoms with van der Waals surface area (Å²) in [5.41, 5.74) is 1.13. The van der Waals surface area contributed by atoms with Crippen LogP contribution in [0.15, 0.2) is 59.5 Å². The van der Waals surface area contributed by atoms with Gasteiger partial charge in [0.1, 0.15) is 5.75 Å². The molecule has 0 amide bonds. The summed E-state index contributed by atoms with van der Waals surface area (Å²) in [6, 6.07) is 16.7. The summed E-state index contributed by atoms with van der Waals surface area (Å²) in [6.07, 6.45) is 4.31. The van der Waals surface area contributed by atoms with Crippen molar-refractivity contribution in [3.63, 3.8) is 0 Å². The molecule has 1 saturated carbocycles. The zero-order chi connectivity index (χ0) is 17.0. The van der Waals surface area contributed by atoms with Crippen LogP contribution in [0.1, 0.15) is 31.2 Å². The minimum atomic E-state index is -3.52. The number of benzene rings is 2. The number of ether oxygens (including phenoxy) is 1. The van der Waals surface area contributed by atoms with Crippen molar-refractivity contribution in [1.29, 1.82) is 0 Å². The second kappa shape index (κ2) is 6.95. The predicted molar refractivity (Wildman–Crippen MR) is 94.8 cm³/mol. The number of hydrogen-bond donors (Lipinski definition) is 1. The molecule has 4 nitrogen and oxygen atoms in total. The molecular weight excluding hydrogens is 322 g/mol. The van der Waals surface area contributed by atoms with Crippen molar-refractivity contribution >= 4 is 10.0 Å². The Morgan fingerprint density at radius 2 is 1.62 bits per heavy atom. The fourth-order valence-corrected chi connectivity index (χ4v) is 4.61. The molecule has 0 atom stereocenters. The van der Waals surface area contributed by atoms with Gasteiger partial charge in [0, 0.05) is 12.0 Å². The number of nitrogens with one attached hydrogen (secondary N) is 1. The third-order valence-electron chi connectivity index (χ3n) is 4.92. The largest absolute Gasteiger partial charge is 0.497 e. The summed E-state index contributed by atoms with van der Waals surface area (Å²) in [5, 5.41) is 0. The van der Waals surface area contributed by atoms with Gasteiger partial charge in [-0.1, -0.05) is 43.2 Å². The maximum Gasteiger partial charge on any atom is 0.240 e. The summed E-state index contributed by atoms with van der Waals surface area (Å²) in [7, 11) is -1.96. The maximum atomic E-state index is 12.6. The van der Waals surface area contributed by atoms with E-state index in [0.717, 1.165) is 25.7 Å². The standard InChI is InChI=1S/C19H23NO3S/c1-23-17-9-11-18(12-10-17)24(21,22)20-15-19(13-5-6-14-19)16-7-3-2-4-8-16/h2-4,7-12,20H,5-6,13-15H2,1H3.